The Bertz CT molecular complexity index is 1030. The van der Waals surface area contributed by atoms with E-state index >= 15 is 0 Å². The molecule has 9 nitrogen and oxygen atoms in total. The minimum absolute atomic E-state index is 0.270. The van der Waals surface area contributed by atoms with Crippen molar-refractivity contribution >= 4 is 23.5 Å². The van der Waals surface area contributed by atoms with Crippen LogP contribution in [-0.4, -0.2) is 44.5 Å². The third-order valence-corrected chi connectivity index (χ3v) is 5.90. The van der Waals surface area contributed by atoms with Crippen LogP contribution in [0.25, 0.3) is 0 Å². The first-order valence-corrected chi connectivity index (χ1v) is 10.9. The summed E-state index contributed by atoms with van der Waals surface area (Å²) in [5.41, 5.74) is 1.54. The van der Waals surface area contributed by atoms with Gasteiger partial charge in [-0.2, -0.15) is 10.1 Å². The number of ether oxygens (including phenoxy) is 1. The van der Waals surface area contributed by atoms with Crippen molar-refractivity contribution in [2.75, 3.05) is 23.3 Å². The number of aromatic nitrogens is 4. The summed E-state index contributed by atoms with van der Waals surface area (Å²) in [6.45, 7) is 3.95. The molecule has 0 bridgehead atoms. The van der Waals surface area contributed by atoms with Gasteiger partial charge in [0.1, 0.15) is 12.4 Å². The maximum Gasteiger partial charge on any atom is 0.407 e. The summed E-state index contributed by atoms with van der Waals surface area (Å²) in [7, 11) is 1.86. The fourth-order valence-corrected chi connectivity index (χ4v) is 3.91. The number of piperidine rings is 1. The maximum absolute atomic E-state index is 12.4. The van der Waals surface area contributed by atoms with E-state index < -0.39 is 0 Å². The number of anilines is 3. The van der Waals surface area contributed by atoms with E-state index in [1.807, 2.05) is 49.6 Å². The van der Waals surface area contributed by atoms with Gasteiger partial charge in [-0.25, -0.2) is 9.78 Å². The van der Waals surface area contributed by atoms with E-state index in [4.69, 9.17) is 4.74 Å². The van der Waals surface area contributed by atoms with E-state index in [2.05, 4.69) is 37.5 Å². The van der Waals surface area contributed by atoms with Crippen LogP contribution < -0.4 is 15.5 Å². The molecule has 32 heavy (non-hydrogen) atoms. The normalized spacial score (nSPS) is 15.2. The second-order valence-corrected chi connectivity index (χ2v) is 8.07. The molecule has 0 unspecified atom stereocenters. The van der Waals surface area contributed by atoms with Gasteiger partial charge in [0.25, 0.3) is 0 Å². The summed E-state index contributed by atoms with van der Waals surface area (Å²) in [5.74, 6) is 1.40. The molecule has 1 aromatic carbocycles. The maximum atomic E-state index is 12.4. The van der Waals surface area contributed by atoms with E-state index in [9.17, 15) is 4.79 Å². The highest BCUT2D eigenvalue weighted by Gasteiger charge is 2.35. The Labute approximate surface area is 187 Å². The molecule has 0 saturated carbocycles. The van der Waals surface area contributed by atoms with Crippen molar-refractivity contribution in [3.8, 4) is 0 Å². The third kappa shape index (κ3) is 5.35. The second kappa shape index (κ2) is 9.67. The van der Waals surface area contributed by atoms with Crippen molar-refractivity contribution in [3.63, 3.8) is 0 Å². The summed E-state index contributed by atoms with van der Waals surface area (Å²) in [6.07, 6.45) is 7.47. The molecule has 1 fully saturated rings. The quantitative estimate of drug-likeness (QED) is 0.585. The highest BCUT2D eigenvalue weighted by Crippen LogP contribution is 2.28. The molecule has 3 heterocycles. The number of nitrogens with zero attached hydrogens (tertiary/aromatic N) is 5. The lowest BCUT2D eigenvalue weighted by Gasteiger charge is -2.42. The average molecular weight is 436 g/mol. The highest BCUT2D eigenvalue weighted by molar-refractivity contribution is 5.68. The van der Waals surface area contributed by atoms with E-state index in [1.54, 1.807) is 17.1 Å². The number of amides is 1. The number of nitrogens with one attached hydrogen (secondary N) is 2. The summed E-state index contributed by atoms with van der Waals surface area (Å²) >= 11 is 0. The van der Waals surface area contributed by atoms with Crippen molar-refractivity contribution in [3.05, 3.63) is 60.6 Å². The van der Waals surface area contributed by atoms with Crippen LogP contribution >= 0.6 is 0 Å². The summed E-state index contributed by atoms with van der Waals surface area (Å²) in [6, 6.07) is 11.6. The zero-order valence-electron chi connectivity index (χ0n) is 18.5. The Morgan fingerprint density at radius 1 is 1.19 bits per heavy atom. The van der Waals surface area contributed by atoms with E-state index in [0.717, 1.165) is 49.4 Å². The predicted molar refractivity (Wildman–Crippen MR) is 123 cm³/mol. The van der Waals surface area contributed by atoms with Crippen LogP contribution in [0.2, 0.25) is 0 Å². The van der Waals surface area contributed by atoms with Crippen LogP contribution in [-0.2, 0) is 18.4 Å². The van der Waals surface area contributed by atoms with Gasteiger partial charge in [0.05, 0.1) is 11.9 Å². The molecule has 168 valence electrons. The lowest BCUT2D eigenvalue weighted by molar-refractivity contribution is 0.119. The molecule has 1 amide bonds. The zero-order valence-corrected chi connectivity index (χ0v) is 18.5. The van der Waals surface area contributed by atoms with Crippen LogP contribution in [0.15, 0.2) is 55.0 Å². The highest BCUT2D eigenvalue weighted by atomic mass is 16.5. The largest absolute Gasteiger partial charge is 0.445 e. The standard InChI is InChI=1S/C23H29N7O2/c1-3-23(28-22(31)32-17-18-7-5-4-6-8-18)10-13-30(14-11-23)20-9-12-24-21(27-20)26-19-15-25-29(2)16-19/h4-9,12,15-16H,3,10-11,13-14,17H2,1-2H3,(H,28,31)(H,24,26,27). The molecule has 1 saturated heterocycles. The monoisotopic (exact) mass is 435 g/mol. The molecule has 0 spiro atoms. The van der Waals surface area contributed by atoms with Gasteiger partial charge in [-0.3, -0.25) is 4.68 Å². The van der Waals surface area contributed by atoms with Gasteiger partial charge in [-0.05, 0) is 30.9 Å². The van der Waals surface area contributed by atoms with Gasteiger partial charge in [-0.15, -0.1) is 0 Å². The zero-order chi connectivity index (χ0) is 22.4. The van der Waals surface area contributed by atoms with Gasteiger partial charge < -0.3 is 20.3 Å². The first kappa shape index (κ1) is 21.6. The van der Waals surface area contributed by atoms with E-state index in [1.165, 1.54) is 0 Å². The number of benzene rings is 1. The summed E-state index contributed by atoms with van der Waals surface area (Å²) in [5, 5.41) is 10.5. The molecule has 0 radical (unpaired) electrons. The molecule has 1 aliphatic rings. The van der Waals surface area contributed by atoms with Crippen molar-refractivity contribution in [2.24, 2.45) is 7.05 Å². The van der Waals surface area contributed by atoms with Gasteiger partial charge in [0, 0.05) is 38.1 Å². The molecular weight excluding hydrogens is 406 g/mol. The number of aryl methyl sites for hydroxylation is 1. The molecule has 0 aliphatic carbocycles. The average Bonchev–Trinajstić information content (AvgIpc) is 3.23. The minimum Gasteiger partial charge on any atom is -0.445 e. The lowest BCUT2D eigenvalue weighted by atomic mass is 9.85. The Hall–Kier alpha value is -3.62. The molecule has 3 aromatic rings. The number of alkyl carbamates (subject to hydrolysis) is 1. The smallest absolute Gasteiger partial charge is 0.407 e. The van der Waals surface area contributed by atoms with Crippen LogP contribution in [0.1, 0.15) is 31.7 Å². The Kier molecular flexibility index (Phi) is 6.53. The molecule has 2 N–H and O–H groups in total. The van der Waals surface area contributed by atoms with Crippen molar-refractivity contribution in [2.45, 2.75) is 38.3 Å². The minimum atomic E-state index is -0.367. The number of rotatable bonds is 7. The van der Waals surface area contributed by atoms with Gasteiger partial charge >= 0.3 is 6.09 Å². The van der Waals surface area contributed by atoms with Gasteiger partial charge in [-0.1, -0.05) is 37.3 Å². The number of hydrogen-bond donors (Lipinski definition) is 2. The predicted octanol–water partition coefficient (Wildman–Crippen LogP) is 3.63. The molecule has 2 aromatic heterocycles. The van der Waals surface area contributed by atoms with Gasteiger partial charge in [0.2, 0.25) is 5.95 Å². The van der Waals surface area contributed by atoms with Crippen molar-refractivity contribution in [1.29, 1.82) is 0 Å². The Morgan fingerprint density at radius 2 is 1.97 bits per heavy atom. The van der Waals surface area contributed by atoms with E-state index in [0.29, 0.717) is 5.95 Å². The first-order valence-electron chi connectivity index (χ1n) is 10.9. The summed E-state index contributed by atoms with van der Waals surface area (Å²) in [4.78, 5) is 23.6. The molecule has 4 rings (SSSR count). The molecule has 9 heteroatoms. The van der Waals surface area contributed by atoms with Gasteiger partial charge in [0.15, 0.2) is 0 Å². The van der Waals surface area contributed by atoms with Crippen molar-refractivity contribution < 1.29 is 9.53 Å². The van der Waals surface area contributed by atoms with Crippen LogP contribution in [0.3, 0.4) is 0 Å². The summed E-state index contributed by atoms with van der Waals surface area (Å²) < 4.78 is 7.17. The second-order valence-electron chi connectivity index (χ2n) is 8.07. The third-order valence-electron chi connectivity index (χ3n) is 5.90. The lowest BCUT2D eigenvalue weighted by Crippen LogP contribution is -2.55. The van der Waals surface area contributed by atoms with E-state index in [-0.39, 0.29) is 18.2 Å². The van der Waals surface area contributed by atoms with Crippen molar-refractivity contribution in [1.82, 2.24) is 25.1 Å². The topological polar surface area (TPSA) is 97.2 Å². The molecule has 0 atom stereocenters. The number of carbonyl (C=O) groups excluding carboxylic acids is 1. The fourth-order valence-electron chi connectivity index (χ4n) is 3.91. The SMILES string of the molecule is CCC1(NC(=O)OCc2ccccc2)CCN(c2ccnc(Nc3cnn(C)c3)n2)CC1. The first-order chi connectivity index (χ1) is 15.5. The molecular formula is C23H29N7O2. The van der Waals surface area contributed by atoms with Crippen LogP contribution in [0, 0.1) is 0 Å². The number of carbonyl (C=O) groups is 1. The van der Waals surface area contributed by atoms with Crippen LogP contribution in [0.5, 0.6) is 0 Å². The Balaban J connectivity index is 1.32. The fraction of sp³-hybridized carbons (Fsp3) is 0.391. The molecule has 1 aliphatic heterocycles. The Morgan fingerprint density at radius 3 is 2.66 bits per heavy atom. The van der Waals surface area contributed by atoms with Crippen LogP contribution in [0.4, 0.5) is 22.2 Å². The number of hydrogen-bond acceptors (Lipinski definition) is 7.